The van der Waals surface area contributed by atoms with Crippen LogP contribution in [0.3, 0.4) is 0 Å². The van der Waals surface area contributed by atoms with Gasteiger partial charge >= 0.3 is 0 Å². The molecule has 1 aromatic carbocycles. The molecule has 4 nitrogen and oxygen atoms in total. The lowest BCUT2D eigenvalue weighted by Crippen LogP contribution is -2.40. The van der Waals surface area contributed by atoms with Crippen LogP contribution in [0.25, 0.3) is 0 Å². The minimum atomic E-state index is -3.86. The Balaban J connectivity index is 2.49. The van der Waals surface area contributed by atoms with Gasteiger partial charge in [0.2, 0.25) is 0 Å². The highest BCUT2D eigenvalue weighted by atomic mass is 35.7. The van der Waals surface area contributed by atoms with Gasteiger partial charge in [0.25, 0.3) is 15.0 Å². The number of nitrogens with one attached hydrogen (secondary N) is 1. The fourth-order valence-electron chi connectivity index (χ4n) is 2.70. The summed E-state index contributed by atoms with van der Waals surface area (Å²) in [7, 11) is 1.62. The number of halogens is 1. The van der Waals surface area contributed by atoms with Crippen molar-refractivity contribution in [3.8, 4) is 0 Å². The van der Waals surface area contributed by atoms with Gasteiger partial charge < -0.3 is 5.32 Å². The highest BCUT2D eigenvalue weighted by Gasteiger charge is 2.26. The van der Waals surface area contributed by atoms with Gasteiger partial charge in [0, 0.05) is 22.3 Å². The molecule has 1 amide bonds. The predicted octanol–water partition coefficient (Wildman–Crippen LogP) is 2.82. The van der Waals surface area contributed by atoms with Crippen LogP contribution in [0, 0.1) is 20.8 Å². The van der Waals surface area contributed by atoms with E-state index >= 15 is 0 Å². The largest absolute Gasteiger partial charge is 0.349 e. The molecule has 0 unspecified atom stereocenters. The zero-order valence-corrected chi connectivity index (χ0v) is 13.4. The second-order valence-electron chi connectivity index (χ2n) is 5.38. The number of hydrogen-bond donors (Lipinski definition) is 1. The topological polar surface area (TPSA) is 63.2 Å². The van der Waals surface area contributed by atoms with E-state index in [-0.39, 0.29) is 16.8 Å². The highest BCUT2D eigenvalue weighted by Crippen LogP contribution is 2.29. The molecular formula is C14H18ClNO3S. The fraction of sp³-hybridized carbons (Fsp3) is 0.500. The van der Waals surface area contributed by atoms with E-state index in [9.17, 15) is 13.2 Å². The van der Waals surface area contributed by atoms with Crippen molar-refractivity contribution in [3.63, 3.8) is 0 Å². The van der Waals surface area contributed by atoms with Gasteiger partial charge in [0.1, 0.15) is 0 Å². The van der Waals surface area contributed by atoms with E-state index < -0.39 is 9.05 Å². The van der Waals surface area contributed by atoms with Crippen LogP contribution in [0.1, 0.15) is 46.3 Å². The van der Waals surface area contributed by atoms with Crippen molar-refractivity contribution in [2.24, 2.45) is 0 Å². The summed E-state index contributed by atoms with van der Waals surface area (Å²) in [6.45, 7) is 5.12. The van der Waals surface area contributed by atoms with Crippen molar-refractivity contribution in [2.45, 2.75) is 51.0 Å². The summed E-state index contributed by atoms with van der Waals surface area (Å²) in [5.41, 5.74) is 2.17. The van der Waals surface area contributed by atoms with Crippen LogP contribution < -0.4 is 5.32 Å². The fourth-order valence-corrected chi connectivity index (χ4v) is 4.33. The van der Waals surface area contributed by atoms with Crippen LogP contribution in [-0.2, 0) is 9.05 Å². The van der Waals surface area contributed by atoms with Crippen molar-refractivity contribution in [1.82, 2.24) is 5.32 Å². The lowest BCUT2D eigenvalue weighted by Gasteiger charge is -2.27. The Morgan fingerprint density at radius 3 is 2.30 bits per heavy atom. The van der Waals surface area contributed by atoms with Gasteiger partial charge in [-0.05, 0) is 56.7 Å². The number of carbonyl (C=O) groups excluding carboxylic acids is 1. The SMILES string of the molecule is Cc1cc(C)c(S(=O)(=O)Cl)c(C)c1C(=O)NC1CCC1. The molecule has 1 fully saturated rings. The van der Waals surface area contributed by atoms with Crippen LogP contribution in [0.15, 0.2) is 11.0 Å². The number of amides is 1. The van der Waals surface area contributed by atoms with Crippen LogP contribution in [-0.4, -0.2) is 20.4 Å². The molecule has 0 aromatic heterocycles. The molecule has 0 spiro atoms. The van der Waals surface area contributed by atoms with Crippen molar-refractivity contribution in [2.75, 3.05) is 0 Å². The molecule has 0 bridgehead atoms. The Morgan fingerprint density at radius 2 is 1.85 bits per heavy atom. The molecule has 1 N–H and O–H groups in total. The van der Waals surface area contributed by atoms with Crippen molar-refractivity contribution in [3.05, 3.63) is 28.3 Å². The summed E-state index contributed by atoms with van der Waals surface area (Å²) in [5, 5.41) is 2.94. The first-order chi connectivity index (χ1) is 9.21. The Hall–Kier alpha value is -1.07. The quantitative estimate of drug-likeness (QED) is 0.872. The van der Waals surface area contributed by atoms with Gasteiger partial charge in [0.15, 0.2) is 0 Å². The zero-order valence-electron chi connectivity index (χ0n) is 11.8. The van der Waals surface area contributed by atoms with Crippen molar-refractivity contribution >= 4 is 25.6 Å². The number of hydrogen-bond acceptors (Lipinski definition) is 3. The van der Waals surface area contributed by atoms with E-state index in [0.29, 0.717) is 16.7 Å². The average Bonchev–Trinajstić information content (AvgIpc) is 2.20. The van der Waals surface area contributed by atoms with Crippen LogP contribution >= 0.6 is 10.7 Å². The van der Waals surface area contributed by atoms with Crippen molar-refractivity contribution in [1.29, 1.82) is 0 Å². The van der Waals surface area contributed by atoms with E-state index in [1.54, 1.807) is 26.8 Å². The summed E-state index contributed by atoms with van der Waals surface area (Å²) < 4.78 is 23.4. The second-order valence-corrected chi connectivity index (χ2v) is 7.88. The first kappa shape index (κ1) is 15.3. The molecule has 0 radical (unpaired) electrons. The Kier molecular flexibility index (Phi) is 4.12. The van der Waals surface area contributed by atoms with E-state index in [2.05, 4.69) is 5.32 Å². The standard InChI is InChI=1S/C14H18ClNO3S/c1-8-7-9(2)13(20(15,18)19)10(3)12(8)14(17)16-11-5-4-6-11/h7,11H,4-6H2,1-3H3,(H,16,17). The van der Waals surface area contributed by atoms with E-state index in [0.717, 1.165) is 24.8 Å². The van der Waals surface area contributed by atoms with Crippen LogP contribution in [0.5, 0.6) is 0 Å². The maximum absolute atomic E-state index is 12.3. The summed E-state index contributed by atoms with van der Waals surface area (Å²) in [6, 6.07) is 1.90. The average molecular weight is 316 g/mol. The molecule has 110 valence electrons. The minimum absolute atomic E-state index is 0.0449. The van der Waals surface area contributed by atoms with E-state index in [1.807, 2.05) is 0 Å². The minimum Gasteiger partial charge on any atom is -0.349 e. The third-order valence-electron chi connectivity index (χ3n) is 3.81. The van der Waals surface area contributed by atoms with Crippen molar-refractivity contribution < 1.29 is 13.2 Å². The van der Waals surface area contributed by atoms with Gasteiger partial charge in [-0.2, -0.15) is 0 Å². The monoisotopic (exact) mass is 315 g/mol. The van der Waals surface area contributed by atoms with Gasteiger partial charge in [0.05, 0.1) is 4.90 Å². The normalized spacial score (nSPS) is 15.8. The molecule has 20 heavy (non-hydrogen) atoms. The highest BCUT2D eigenvalue weighted by molar-refractivity contribution is 8.13. The molecule has 0 heterocycles. The van der Waals surface area contributed by atoms with E-state index in [4.69, 9.17) is 10.7 Å². The first-order valence-corrected chi connectivity index (χ1v) is 8.89. The number of aryl methyl sites for hydroxylation is 2. The smallest absolute Gasteiger partial charge is 0.261 e. The Bertz CT molecular complexity index is 663. The van der Waals surface area contributed by atoms with Gasteiger partial charge in [-0.15, -0.1) is 0 Å². The third kappa shape index (κ3) is 2.83. The predicted molar refractivity (Wildman–Crippen MR) is 78.8 cm³/mol. The third-order valence-corrected chi connectivity index (χ3v) is 5.39. The molecule has 1 aliphatic carbocycles. The molecular weight excluding hydrogens is 298 g/mol. The lowest BCUT2D eigenvalue weighted by molar-refractivity contribution is 0.0915. The molecule has 0 saturated heterocycles. The van der Waals surface area contributed by atoms with Crippen LogP contribution in [0.4, 0.5) is 0 Å². The van der Waals surface area contributed by atoms with E-state index in [1.165, 1.54) is 0 Å². The summed E-state index contributed by atoms with van der Waals surface area (Å²) in [5.74, 6) is -0.216. The Labute approximate surface area is 123 Å². The number of carbonyl (C=O) groups is 1. The lowest BCUT2D eigenvalue weighted by atomic mass is 9.92. The molecule has 0 aliphatic heterocycles. The summed E-state index contributed by atoms with van der Waals surface area (Å²) in [6.07, 6.45) is 3.09. The summed E-state index contributed by atoms with van der Waals surface area (Å²) in [4.78, 5) is 12.4. The summed E-state index contributed by atoms with van der Waals surface area (Å²) >= 11 is 0. The molecule has 1 saturated carbocycles. The number of rotatable bonds is 3. The van der Waals surface area contributed by atoms with Gasteiger partial charge in [-0.25, -0.2) is 8.42 Å². The molecule has 0 atom stereocenters. The molecule has 1 aliphatic rings. The molecule has 2 rings (SSSR count). The van der Waals surface area contributed by atoms with Crippen LogP contribution in [0.2, 0.25) is 0 Å². The Morgan fingerprint density at radius 1 is 1.25 bits per heavy atom. The molecule has 6 heteroatoms. The zero-order chi connectivity index (χ0) is 15.1. The number of benzene rings is 1. The maximum Gasteiger partial charge on any atom is 0.261 e. The first-order valence-electron chi connectivity index (χ1n) is 6.58. The van der Waals surface area contributed by atoms with Gasteiger partial charge in [-0.1, -0.05) is 6.07 Å². The second kappa shape index (κ2) is 5.37. The maximum atomic E-state index is 12.3. The van der Waals surface area contributed by atoms with Gasteiger partial charge in [-0.3, -0.25) is 4.79 Å². The molecule has 1 aromatic rings.